The molecule has 1 saturated heterocycles. The predicted octanol–water partition coefficient (Wildman–Crippen LogP) is 3.70. The van der Waals surface area contributed by atoms with E-state index in [2.05, 4.69) is 22.8 Å². The van der Waals surface area contributed by atoms with E-state index in [-0.39, 0.29) is 11.9 Å². The monoisotopic (exact) mass is 343 g/mol. The lowest BCUT2D eigenvalue weighted by molar-refractivity contribution is 0.0678. The molecule has 5 heteroatoms. The average Bonchev–Trinajstić information content (AvgIpc) is 3.20. The van der Waals surface area contributed by atoms with Gasteiger partial charge in [-0.25, -0.2) is 4.39 Å². The molecule has 1 aromatic heterocycles. The van der Waals surface area contributed by atoms with Crippen LogP contribution in [0.4, 0.5) is 4.39 Å². The molecule has 1 atom stereocenters. The minimum atomic E-state index is -0.198. The van der Waals surface area contributed by atoms with Crippen LogP contribution in [0.5, 0.6) is 0 Å². The summed E-state index contributed by atoms with van der Waals surface area (Å²) in [4.78, 5) is 2.37. The number of aromatic nitrogens is 2. The fourth-order valence-corrected chi connectivity index (χ4v) is 3.29. The van der Waals surface area contributed by atoms with E-state index in [9.17, 15) is 4.39 Å². The summed E-state index contributed by atoms with van der Waals surface area (Å²) in [6.07, 6.45) is 6.45. The Morgan fingerprint density at radius 2 is 2.16 bits per heavy atom. The number of allylic oxidation sites excluding steroid dienone is 1. The summed E-state index contributed by atoms with van der Waals surface area (Å²) in [6, 6.07) is 6.75. The summed E-state index contributed by atoms with van der Waals surface area (Å²) in [5, 5.41) is 4.54. The summed E-state index contributed by atoms with van der Waals surface area (Å²) in [5.41, 5.74) is 3.36. The van der Waals surface area contributed by atoms with Crippen LogP contribution in [-0.4, -0.2) is 33.9 Å². The zero-order chi connectivity index (χ0) is 17.6. The van der Waals surface area contributed by atoms with Crippen LogP contribution in [-0.2, 0) is 24.4 Å². The highest BCUT2D eigenvalue weighted by molar-refractivity contribution is 5.18. The van der Waals surface area contributed by atoms with E-state index in [1.54, 1.807) is 0 Å². The maximum Gasteiger partial charge on any atom is 0.123 e. The van der Waals surface area contributed by atoms with E-state index in [1.807, 2.05) is 29.8 Å². The van der Waals surface area contributed by atoms with E-state index in [1.165, 1.54) is 17.7 Å². The van der Waals surface area contributed by atoms with E-state index in [0.717, 1.165) is 50.3 Å². The van der Waals surface area contributed by atoms with E-state index in [0.29, 0.717) is 6.54 Å². The SMILES string of the molecule is C=CCn1cc(CN(Cc2ccc(F)cc2)C[C@H]2CCCO2)c(C)n1. The lowest BCUT2D eigenvalue weighted by atomic mass is 10.1. The van der Waals surface area contributed by atoms with Crippen molar-refractivity contribution in [1.29, 1.82) is 0 Å². The van der Waals surface area contributed by atoms with Gasteiger partial charge in [0.2, 0.25) is 0 Å². The summed E-state index contributed by atoms with van der Waals surface area (Å²) >= 11 is 0. The number of rotatable bonds is 8. The molecule has 2 aromatic rings. The van der Waals surface area contributed by atoms with Gasteiger partial charge in [0.05, 0.1) is 18.3 Å². The molecule has 1 aliphatic heterocycles. The fourth-order valence-electron chi connectivity index (χ4n) is 3.29. The first-order chi connectivity index (χ1) is 12.1. The molecule has 0 aliphatic carbocycles. The second-order valence-electron chi connectivity index (χ2n) is 6.68. The van der Waals surface area contributed by atoms with Crippen LogP contribution in [0.1, 0.15) is 29.7 Å². The molecule has 0 spiro atoms. The zero-order valence-corrected chi connectivity index (χ0v) is 14.8. The van der Waals surface area contributed by atoms with E-state index >= 15 is 0 Å². The lowest BCUT2D eigenvalue weighted by Gasteiger charge is -2.25. The van der Waals surface area contributed by atoms with Gasteiger partial charge in [0.25, 0.3) is 0 Å². The molecule has 3 rings (SSSR count). The van der Waals surface area contributed by atoms with E-state index in [4.69, 9.17) is 4.74 Å². The second-order valence-corrected chi connectivity index (χ2v) is 6.68. The molecule has 0 bridgehead atoms. The Bertz CT molecular complexity index is 689. The van der Waals surface area contributed by atoms with Crippen LogP contribution in [0.15, 0.2) is 43.1 Å². The maximum absolute atomic E-state index is 13.2. The molecule has 1 aromatic carbocycles. The normalized spacial score (nSPS) is 17.3. The molecule has 4 nitrogen and oxygen atoms in total. The smallest absolute Gasteiger partial charge is 0.123 e. The number of hydrogen-bond donors (Lipinski definition) is 0. The average molecular weight is 343 g/mol. The van der Waals surface area contributed by atoms with Crippen LogP contribution >= 0.6 is 0 Å². The van der Waals surface area contributed by atoms with Crippen LogP contribution in [0.25, 0.3) is 0 Å². The molecule has 1 fully saturated rings. The van der Waals surface area contributed by atoms with Gasteiger partial charge >= 0.3 is 0 Å². The van der Waals surface area contributed by atoms with Crippen LogP contribution in [0, 0.1) is 12.7 Å². The molecule has 0 saturated carbocycles. The van der Waals surface area contributed by atoms with Gasteiger partial charge in [0, 0.05) is 38.0 Å². The molecular weight excluding hydrogens is 317 g/mol. The van der Waals surface area contributed by atoms with Gasteiger partial charge in [-0.2, -0.15) is 5.10 Å². The highest BCUT2D eigenvalue weighted by Crippen LogP contribution is 2.18. The lowest BCUT2D eigenvalue weighted by Crippen LogP contribution is -2.31. The fraction of sp³-hybridized carbons (Fsp3) is 0.450. The molecule has 2 heterocycles. The van der Waals surface area contributed by atoms with Gasteiger partial charge in [-0.3, -0.25) is 9.58 Å². The highest BCUT2D eigenvalue weighted by atomic mass is 19.1. The number of benzene rings is 1. The Morgan fingerprint density at radius 3 is 2.84 bits per heavy atom. The first kappa shape index (κ1) is 17.8. The Morgan fingerprint density at radius 1 is 1.36 bits per heavy atom. The molecular formula is C20H26FN3O. The Labute approximate surface area is 148 Å². The third-order valence-electron chi connectivity index (χ3n) is 4.56. The Balaban J connectivity index is 1.72. The van der Waals surface area contributed by atoms with Crippen molar-refractivity contribution in [2.45, 2.75) is 45.5 Å². The molecule has 0 radical (unpaired) electrons. The van der Waals surface area contributed by atoms with Crippen molar-refractivity contribution in [2.24, 2.45) is 0 Å². The molecule has 1 aliphatic rings. The number of ether oxygens (including phenoxy) is 1. The summed E-state index contributed by atoms with van der Waals surface area (Å²) in [6.45, 7) is 9.83. The van der Waals surface area contributed by atoms with Crippen LogP contribution in [0.3, 0.4) is 0 Å². The summed E-state index contributed by atoms with van der Waals surface area (Å²) < 4.78 is 20.9. The van der Waals surface area contributed by atoms with Crippen LogP contribution < -0.4 is 0 Å². The van der Waals surface area contributed by atoms with Gasteiger partial charge < -0.3 is 4.74 Å². The Kier molecular flexibility index (Phi) is 6.00. The summed E-state index contributed by atoms with van der Waals surface area (Å²) in [7, 11) is 0. The van der Waals surface area contributed by atoms with Crippen LogP contribution in [0.2, 0.25) is 0 Å². The van der Waals surface area contributed by atoms with Gasteiger partial charge in [-0.15, -0.1) is 6.58 Å². The van der Waals surface area contributed by atoms with Crippen molar-refractivity contribution in [3.05, 3.63) is 65.8 Å². The van der Waals surface area contributed by atoms with Crippen molar-refractivity contribution < 1.29 is 9.13 Å². The van der Waals surface area contributed by atoms with Crippen molar-refractivity contribution in [2.75, 3.05) is 13.2 Å². The molecule has 25 heavy (non-hydrogen) atoms. The quantitative estimate of drug-likeness (QED) is 0.685. The number of hydrogen-bond acceptors (Lipinski definition) is 3. The second kappa shape index (κ2) is 8.41. The summed E-state index contributed by atoms with van der Waals surface area (Å²) in [5.74, 6) is -0.198. The maximum atomic E-state index is 13.2. The van der Waals surface area contributed by atoms with Crippen molar-refractivity contribution in [1.82, 2.24) is 14.7 Å². The first-order valence-corrected chi connectivity index (χ1v) is 8.86. The van der Waals surface area contributed by atoms with Crippen molar-refractivity contribution >= 4 is 0 Å². The van der Waals surface area contributed by atoms with Gasteiger partial charge in [-0.05, 0) is 37.5 Å². The molecule has 0 N–H and O–H groups in total. The van der Waals surface area contributed by atoms with Crippen molar-refractivity contribution in [3.63, 3.8) is 0 Å². The third-order valence-corrected chi connectivity index (χ3v) is 4.56. The molecule has 0 amide bonds. The number of halogens is 1. The van der Waals surface area contributed by atoms with Crippen molar-refractivity contribution in [3.8, 4) is 0 Å². The topological polar surface area (TPSA) is 30.3 Å². The third kappa shape index (κ3) is 5.00. The first-order valence-electron chi connectivity index (χ1n) is 8.86. The highest BCUT2D eigenvalue weighted by Gasteiger charge is 2.20. The standard InChI is InChI=1S/C20H26FN3O/c1-3-10-24-14-18(16(2)22-24)13-23(15-20-5-4-11-25-20)12-17-6-8-19(21)9-7-17/h3,6-9,14,20H,1,4-5,10-13,15H2,2H3/t20-/m1/s1. The minimum absolute atomic E-state index is 0.198. The largest absolute Gasteiger partial charge is 0.377 e. The predicted molar refractivity (Wildman–Crippen MR) is 96.6 cm³/mol. The van der Waals surface area contributed by atoms with Gasteiger partial charge in [0.1, 0.15) is 5.82 Å². The zero-order valence-electron chi connectivity index (χ0n) is 14.8. The molecule has 0 unspecified atom stereocenters. The van der Waals surface area contributed by atoms with E-state index < -0.39 is 0 Å². The number of nitrogens with zero attached hydrogens (tertiary/aromatic N) is 3. The molecule has 134 valence electrons. The minimum Gasteiger partial charge on any atom is -0.377 e. The Hall–Kier alpha value is -1.98. The van der Waals surface area contributed by atoms with Gasteiger partial charge in [-0.1, -0.05) is 18.2 Å². The number of aryl methyl sites for hydroxylation is 1. The van der Waals surface area contributed by atoms with Gasteiger partial charge in [0.15, 0.2) is 0 Å².